The van der Waals surface area contributed by atoms with Crippen molar-refractivity contribution in [2.75, 3.05) is 6.61 Å². The summed E-state index contributed by atoms with van der Waals surface area (Å²) in [6.45, 7) is 4.44. The molecule has 1 aliphatic heterocycles. The van der Waals surface area contributed by atoms with Crippen molar-refractivity contribution in [1.29, 1.82) is 0 Å². The monoisotopic (exact) mass is 345 g/mol. The van der Waals surface area contributed by atoms with E-state index >= 15 is 0 Å². The minimum absolute atomic E-state index is 0.0861. The van der Waals surface area contributed by atoms with Crippen molar-refractivity contribution in [1.82, 2.24) is 4.90 Å². The molecule has 25 heavy (non-hydrogen) atoms. The van der Waals surface area contributed by atoms with Gasteiger partial charge < -0.3 is 4.74 Å². The van der Waals surface area contributed by atoms with E-state index in [1.807, 2.05) is 37.3 Å². The number of benzene rings is 1. The van der Waals surface area contributed by atoms with E-state index in [1.54, 1.807) is 0 Å². The number of amides is 2. The van der Waals surface area contributed by atoms with Crippen LogP contribution in [0.2, 0.25) is 0 Å². The fraction of sp³-hybridized carbons (Fsp3) is 0.619. The number of hydrogen-bond acceptors (Lipinski definition) is 3. The van der Waals surface area contributed by atoms with Gasteiger partial charge in [0.25, 0.3) is 0 Å². The van der Waals surface area contributed by atoms with Crippen LogP contribution in [0.15, 0.2) is 30.3 Å². The van der Waals surface area contributed by atoms with E-state index < -0.39 is 6.09 Å². The van der Waals surface area contributed by atoms with E-state index in [2.05, 4.69) is 6.92 Å². The Labute approximate surface area is 151 Å². The lowest BCUT2D eigenvalue weighted by molar-refractivity contribution is -0.133. The smallest absolute Gasteiger partial charge is 0.416 e. The maximum Gasteiger partial charge on any atom is 0.416 e. The van der Waals surface area contributed by atoms with Gasteiger partial charge in [-0.05, 0) is 18.4 Å². The van der Waals surface area contributed by atoms with Gasteiger partial charge in [0.05, 0.1) is 6.04 Å². The van der Waals surface area contributed by atoms with Gasteiger partial charge in [-0.15, -0.1) is 0 Å². The molecule has 2 amide bonds. The fourth-order valence-electron chi connectivity index (χ4n) is 3.36. The molecule has 2 rings (SSSR count). The van der Waals surface area contributed by atoms with Gasteiger partial charge in [-0.3, -0.25) is 4.79 Å². The first kappa shape index (κ1) is 19.5. The molecule has 0 aromatic heterocycles. The number of carbonyl (C=O) groups excluding carboxylic acids is 2. The summed E-state index contributed by atoms with van der Waals surface area (Å²) >= 11 is 0. The summed E-state index contributed by atoms with van der Waals surface area (Å²) in [5.41, 5.74) is 1.12. The number of carbonyl (C=O) groups is 2. The molecule has 0 saturated carbocycles. The Morgan fingerprint density at radius 1 is 1.16 bits per heavy atom. The van der Waals surface area contributed by atoms with Crippen molar-refractivity contribution < 1.29 is 14.3 Å². The molecule has 4 heteroatoms. The zero-order chi connectivity index (χ0) is 18.1. The van der Waals surface area contributed by atoms with Crippen molar-refractivity contribution in [2.45, 2.75) is 71.3 Å². The van der Waals surface area contributed by atoms with Crippen molar-refractivity contribution in [3.8, 4) is 0 Å². The summed E-state index contributed by atoms with van der Waals surface area (Å²) in [4.78, 5) is 26.2. The van der Waals surface area contributed by atoms with E-state index in [4.69, 9.17) is 4.74 Å². The number of cyclic esters (lactones) is 1. The highest BCUT2D eigenvalue weighted by molar-refractivity contribution is 5.94. The van der Waals surface area contributed by atoms with Crippen LogP contribution in [0.1, 0.15) is 64.4 Å². The summed E-state index contributed by atoms with van der Waals surface area (Å²) in [6.07, 6.45) is 8.26. The van der Waals surface area contributed by atoms with Crippen LogP contribution in [0.5, 0.6) is 0 Å². The van der Waals surface area contributed by atoms with Crippen LogP contribution < -0.4 is 0 Å². The SMILES string of the molecule is CCCCCCCCC(C)C(=O)N1C(=O)OCC1Cc1ccccc1. The van der Waals surface area contributed by atoms with Gasteiger partial charge in [-0.1, -0.05) is 82.7 Å². The van der Waals surface area contributed by atoms with Crippen molar-refractivity contribution in [3.05, 3.63) is 35.9 Å². The molecule has 0 aliphatic carbocycles. The first-order valence-electron chi connectivity index (χ1n) is 9.67. The molecule has 1 aromatic carbocycles. The summed E-state index contributed by atoms with van der Waals surface area (Å²) in [5.74, 6) is -0.216. The van der Waals surface area contributed by atoms with Crippen molar-refractivity contribution in [2.24, 2.45) is 5.92 Å². The molecule has 1 saturated heterocycles. The Morgan fingerprint density at radius 2 is 1.84 bits per heavy atom. The highest BCUT2D eigenvalue weighted by Crippen LogP contribution is 2.22. The minimum atomic E-state index is -0.485. The third kappa shape index (κ3) is 5.87. The molecule has 1 aliphatic rings. The lowest BCUT2D eigenvalue weighted by atomic mass is 9.99. The molecule has 1 heterocycles. The minimum Gasteiger partial charge on any atom is -0.447 e. The Bertz CT molecular complexity index is 543. The maximum atomic E-state index is 12.7. The summed E-state index contributed by atoms with van der Waals surface area (Å²) < 4.78 is 5.16. The van der Waals surface area contributed by atoms with Crippen LogP contribution in [0.3, 0.4) is 0 Å². The van der Waals surface area contributed by atoms with Crippen LogP contribution in [0.4, 0.5) is 4.79 Å². The largest absolute Gasteiger partial charge is 0.447 e. The van der Waals surface area contributed by atoms with Crippen LogP contribution >= 0.6 is 0 Å². The molecular weight excluding hydrogens is 314 g/mol. The summed E-state index contributed by atoms with van der Waals surface area (Å²) in [7, 11) is 0. The standard InChI is InChI=1S/C21H31NO3/c1-3-4-5-6-7-9-12-17(2)20(23)22-19(16-25-21(22)24)15-18-13-10-8-11-14-18/h8,10-11,13-14,17,19H,3-7,9,12,15-16H2,1-2H3. The summed E-state index contributed by atoms with van der Waals surface area (Å²) in [5, 5.41) is 0. The van der Waals surface area contributed by atoms with Crippen LogP contribution in [0, 0.1) is 5.92 Å². The lowest BCUT2D eigenvalue weighted by Crippen LogP contribution is -2.43. The number of imide groups is 1. The van der Waals surface area contributed by atoms with E-state index in [0.29, 0.717) is 13.0 Å². The van der Waals surface area contributed by atoms with E-state index in [9.17, 15) is 9.59 Å². The van der Waals surface area contributed by atoms with Gasteiger partial charge in [0.15, 0.2) is 0 Å². The molecule has 2 atom stereocenters. The Kier molecular flexibility index (Phi) is 7.96. The van der Waals surface area contributed by atoms with Gasteiger partial charge in [0.1, 0.15) is 6.61 Å². The quantitative estimate of drug-likeness (QED) is 0.563. The van der Waals surface area contributed by atoms with Gasteiger partial charge in [-0.25, -0.2) is 9.69 Å². The van der Waals surface area contributed by atoms with E-state index in [-0.39, 0.29) is 17.9 Å². The number of ether oxygens (including phenoxy) is 1. The number of rotatable bonds is 10. The molecule has 0 bridgehead atoms. The highest BCUT2D eigenvalue weighted by Gasteiger charge is 2.39. The zero-order valence-electron chi connectivity index (χ0n) is 15.6. The Hall–Kier alpha value is -1.84. The van der Waals surface area contributed by atoms with E-state index in [0.717, 1.165) is 24.8 Å². The molecule has 1 fully saturated rings. The average molecular weight is 345 g/mol. The molecule has 2 unspecified atom stereocenters. The van der Waals surface area contributed by atoms with Crippen molar-refractivity contribution in [3.63, 3.8) is 0 Å². The second-order valence-electron chi connectivity index (χ2n) is 7.09. The van der Waals surface area contributed by atoms with Gasteiger partial charge in [0.2, 0.25) is 5.91 Å². The molecule has 0 N–H and O–H groups in total. The normalized spacial score (nSPS) is 18.2. The molecule has 138 valence electrons. The lowest BCUT2D eigenvalue weighted by Gasteiger charge is -2.23. The van der Waals surface area contributed by atoms with Crippen LogP contribution in [-0.4, -0.2) is 29.5 Å². The number of unbranched alkanes of at least 4 members (excludes halogenated alkanes) is 5. The topological polar surface area (TPSA) is 46.6 Å². The second-order valence-corrected chi connectivity index (χ2v) is 7.09. The maximum absolute atomic E-state index is 12.7. The molecule has 0 radical (unpaired) electrons. The highest BCUT2D eigenvalue weighted by atomic mass is 16.6. The van der Waals surface area contributed by atoms with Crippen LogP contribution in [-0.2, 0) is 16.0 Å². The average Bonchev–Trinajstić information content (AvgIpc) is 2.98. The predicted octanol–water partition coefficient (Wildman–Crippen LogP) is 4.96. The molecule has 1 aromatic rings. The first-order chi connectivity index (χ1) is 12.1. The fourth-order valence-corrected chi connectivity index (χ4v) is 3.36. The van der Waals surface area contributed by atoms with Gasteiger partial charge >= 0.3 is 6.09 Å². The third-order valence-corrected chi connectivity index (χ3v) is 4.92. The summed E-state index contributed by atoms with van der Waals surface area (Å²) in [6, 6.07) is 9.76. The molecular formula is C21H31NO3. The van der Waals surface area contributed by atoms with Gasteiger partial charge in [0, 0.05) is 5.92 Å². The van der Waals surface area contributed by atoms with Crippen molar-refractivity contribution >= 4 is 12.0 Å². The molecule has 4 nitrogen and oxygen atoms in total. The molecule has 0 spiro atoms. The number of nitrogens with zero attached hydrogens (tertiary/aromatic N) is 1. The first-order valence-corrected chi connectivity index (χ1v) is 9.67. The van der Waals surface area contributed by atoms with Gasteiger partial charge in [-0.2, -0.15) is 0 Å². The third-order valence-electron chi connectivity index (χ3n) is 4.92. The van der Waals surface area contributed by atoms with E-state index in [1.165, 1.54) is 30.6 Å². The van der Waals surface area contributed by atoms with Crippen LogP contribution in [0.25, 0.3) is 0 Å². The second kappa shape index (κ2) is 10.2. The Morgan fingerprint density at radius 3 is 2.56 bits per heavy atom. The predicted molar refractivity (Wildman–Crippen MR) is 99.3 cm³/mol. The number of hydrogen-bond donors (Lipinski definition) is 0. The Balaban J connectivity index is 1.83. The zero-order valence-corrected chi connectivity index (χ0v) is 15.6.